The molecule has 0 heterocycles. The average Bonchev–Trinajstić information content (AvgIpc) is 2.37. The summed E-state index contributed by atoms with van der Waals surface area (Å²) in [6.45, 7) is 1.83. The third kappa shape index (κ3) is 3.16. The van der Waals surface area contributed by atoms with Gasteiger partial charge >= 0.3 is 0 Å². The first-order valence-corrected chi connectivity index (χ1v) is 5.64. The van der Waals surface area contributed by atoms with E-state index in [0.717, 1.165) is 11.1 Å². The molecule has 0 radical (unpaired) electrons. The maximum Gasteiger partial charge on any atom is 0.271 e. The minimum atomic E-state index is -0.452. The molecule has 0 amide bonds. The lowest BCUT2D eigenvalue weighted by Crippen LogP contribution is -1.88. The zero-order chi connectivity index (χ0) is 13.8. The fourth-order valence-electron chi connectivity index (χ4n) is 1.60. The molecule has 1 N–H and O–H groups in total. The average molecular weight is 256 g/mol. The van der Waals surface area contributed by atoms with Crippen molar-refractivity contribution in [1.29, 1.82) is 0 Å². The van der Waals surface area contributed by atoms with Gasteiger partial charge in [0.1, 0.15) is 5.75 Å². The molecule has 96 valence electrons. The molecule has 19 heavy (non-hydrogen) atoms. The number of nitro groups is 1. The zero-order valence-corrected chi connectivity index (χ0v) is 10.3. The molecule has 0 aliphatic heterocycles. The van der Waals surface area contributed by atoms with E-state index >= 15 is 0 Å². The second kappa shape index (κ2) is 5.30. The van der Waals surface area contributed by atoms with Crippen LogP contribution in [0.15, 0.2) is 47.5 Å². The highest BCUT2D eigenvalue weighted by Crippen LogP contribution is 2.24. The Balaban J connectivity index is 2.32. The Labute approximate surface area is 110 Å². The summed E-state index contributed by atoms with van der Waals surface area (Å²) in [6, 6.07) is 11.2. The molecule has 5 nitrogen and oxygen atoms in total. The van der Waals surface area contributed by atoms with Gasteiger partial charge in [-0.3, -0.25) is 15.1 Å². The van der Waals surface area contributed by atoms with Gasteiger partial charge in [-0.05, 0) is 30.2 Å². The summed E-state index contributed by atoms with van der Waals surface area (Å²) in [6.07, 6.45) is 1.56. The van der Waals surface area contributed by atoms with Crippen LogP contribution >= 0.6 is 0 Å². The van der Waals surface area contributed by atoms with Gasteiger partial charge in [0, 0.05) is 18.3 Å². The van der Waals surface area contributed by atoms with E-state index in [4.69, 9.17) is 0 Å². The molecule has 2 aromatic carbocycles. The van der Waals surface area contributed by atoms with E-state index in [0.29, 0.717) is 5.69 Å². The summed E-state index contributed by atoms with van der Waals surface area (Å²) in [5, 5.41) is 20.0. The smallest absolute Gasteiger partial charge is 0.271 e. The lowest BCUT2D eigenvalue weighted by molar-refractivity contribution is -0.384. The Morgan fingerprint density at radius 1 is 1.26 bits per heavy atom. The number of rotatable bonds is 3. The fourth-order valence-corrected chi connectivity index (χ4v) is 1.60. The van der Waals surface area contributed by atoms with Crippen LogP contribution in [0.5, 0.6) is 5.75 Å². The molecule has 0 spiro atoms. The monoisotopic (exact) mass is 256 g/mol. The lowest BCUT2D eigenvalue weighted by atomic mass is 10.2. The molecule has 0 saturated heterocycles. The topological polar surface area (TPSA) is 75.7 Å². The van der Waals surface area contributed by atoms with Crippen molar-refractivity contribution in [3.63, 3.8) is 0 Å². The number of aromatic hydroxyl groups is 1. The summed E-state index contributed by atoms with van der Waals surface area (Å²) in [4.78, 5) is 14.5. The maximum absolute atomic E-state index is 10.7. The normalized spacial score (nSPS) is 10.8. The van der Waals surface area contributed by atoms with Gasteiger partial charge in [0.05, 0.1) is 10.6 Å². The third-order valence-corrected chi connectivity index (χ3v) is 2.63. The van der Waals surface area contributed by atoms with Crippen LogP contribution in [0.3, 0.4) is 0 Å². The molecular formula is C14H12N2O3. The molecule has 0 bridgehead atoms. The van der Waals surface area contributed by atoms with Crippen LogP contribution in [0.4, 0.5) is 11.4 Å². The first-order valence-electron chi connectivity index (χ1n) is 5.64. The number of hydrogen-bond acceptors (Lipinski definition) is 4. The van der Waals surface area contributed by atoms with Crippen molar-refractivity contribution < 1.29 is 10.0 Å². The molecule has 0 aliphatic rings. The van der Waals surface area contributed by atoms with E-state index < -0.39 is 4.92 Å². The summed E-state index contributed by atoms with van der Waals surface area (Å²) < 4.78 is 0. The number of nitro benzene ring substituents is 1. The molecule has 0 fully saturated rings. The molecular weight excluding hydrogens is 244 g/mol. The van der Waals surface area contributed by atoms with Gasteiger partial charge in [-0.25, -0.2) is 0 Å². The van der Waals surface area contributed by atoms with E-state index in [9.17, 15) is 15.2 Å². The third-order valence-electron chi connectivity index (χ3n) is 2.63. The number of aryl methyl sites for hydroxylation is 1. The standard InChI is InChI=1S/C14H12N2O3/c1-10-5-6-12(16(18)19)8-14(10)15-9-11-3-2-4-13(17)7-11/h2-9,17H,1H3. The lowest BCUT2D eigenvalue weighted by Gasteiger charge is -2.00. The van der Waals surface area contributed by atoms with Crippen LogP contribution in [0.2, 0.25) is 0 Å². The minimum absolute atomic E-state index is 0.00802. The zero-order valence-electron chi connectivity index (χ0n) is 10.3. The highest BCUT2D eigenvalue weighted by atomic mass is 16.6. The number of phenols is 1. The Bertz CT molecular complexity index is 651. The Kier molecular flexibility index (Phi) is 3.56. The molecule has 0 aromatic heterocycles. The molecule has 0 aliphatic carbocycles. The Morgan fingerprint density at radius 3 is 2.74 bits per heavy atom. The van der Waals surface area contributed by atoms with Gasteiger partial charge < -0.3 is 5.11 Å². The summed E-state index contributed by atoms with van der Waals surface area (Å²) in [5.74, 6) is 0.153. The van der Waals surface area contributed by atoms with Crippen LogP contribution < -0.4 is 0 Å². The first-order chi connectivity index (χ1) is 9.06. The van der Waals surface area contributed by atoms with E-state index in [1.165, 1.54) is 12.1 Å². The Hall–Kier alpha value is -2.69. The summed E-state index contributed by atoms with van der Waals surface area (Å²) in [7, 11) is 0. The van der Waals surface area contributed by atoms with Gasteiger partial charge in [-0.1, -0.05) is 18.2 Å². The maximum atomic E-state index is 10.7. The van der Waals surface area contributed by atoms with Gasteiger partial charge in [0.25, 0.3) is 5.69 Å². The van der Waals surface area contributed by atoms with E-state index in [-0.39, 0.29) is 11.4 Å². The van der Waals surface area contributed by atoms with Crippen molar-refractivity contribution in [3.8, 4) is 5.75 Å². The van der Waals surface area contributed by atoms with Gasteiger partial charge in [-0.2, -0.15) is 0 Å². The highest BCUT2D eigenvalue weighted by Gasteiger charge is 2.07. The molecule has 2 rings (SSSR count). The molecule has 0 atom stereocenters. The van der Waals surface area contributed by atoms with Gasteiger partial charge in [-0.15, -0.1) is 0 Å². The number of nitrogens with zero attached hydrogens (tertiary/aromatic N) is 2. The SMILES string of the molecule is Cc1ccc([N+](=O)[O-])cc1N=Cc1cccc(O)c1. The predicted octanol–water partition coefficient (Wildman–Crippen LogP) is 3.36. The van der Waals surface area contributed by atoms with Crippen LogP contribution in [0, 0.1) is 17.0 Å². The molecule has 0 unspecified atom stereocenters. The second-order valence-electron chi connectivity index (χ2n) is 4.08. The Morgan fingerprint density at radius 2 is 2.05 bits per heavy atom. The van der Waals surface area contributed by atoms with Crippen LogP contribution in [0.25, 0.3) is 0 Å². The number of hydrogen-bond donors (Lipinski definition) is 1. The molecule has 2 aromatic rings. The number of phenolic OH excluding ortho intramolecular Hbond substituents is 1. The van der Waals surface area contributed by atoms with E-state index in [1.807, 2.05) is 6.92 Å². The quantitative estimate of drug-likeness (QED) is 0.519. The van der Waals surface area contributed by atoms with E-state index in [2.05, 4.69) is 4.99 Å². The second-order valence-corrected chi connectivity index (χ2v) is 4.08. The predicted molar refractivity (Wildman–Crippen MR) is 73.2 cm³/mol. The summed E-state index contributed by atoms with van der Waals surface area (Å²) in [5.41, 5.74) is 2.12. The summed E-state index contributed by atoms with van der Waals surface area (Å²) >= 11 is 0. The number of benzene rings is 2. The molecule has 0 saturated carbocycles. The van der Waals surface area contributed by atoms with E-state index in [1.54, 1.807) is 36.5 Å². The highest BCUT2D eigenvalue weighted by molar-refractivity contribution is 5.83. The number of non-ortho nitro benzene ring substituents is 1. The van der Waals surface area contributed by atoms with Gasteiger partial charge in [0.15, 0.2) is 0 Å². The fraction of sp³-hybridized carbons (Fsp3) is 0.0714. The van der Waals surface area contributed by atoms with Crippen LogP contribution in [0.1, 0.15) is 11.1 Å². The van der Waals surface area contributed by atoms with Crippen molar-refractivity contribution in [3.05, 3.63) is 63.7 Å². The van der Waals surface area contributed by atoms with Crippen molar-refractivity contribution in [2.24, 2.45) is 4.99 Å². The van der Waals surface area contributed by atoms with Crippen molar-refractivity contribution in [1.82, 2.24) is 0 Å². The van der Waals surface area contributed by atoms with Crippen LogP contribution in [-0.2, 0) is 0 Å². The first kappa shape index (κ1) is 12.8. The van der Waals surface area contributed by atoms with Crippen molar-refractivity contribution in [2.45, 2.75) is 6.92 Å². The molecule has 5 heteroatoms. The van der Waals surface area contributed by atoms with Crippen LogP contribution in [-0.4, -0.2) is 16.2 Å². The van der Waals surface area contributed by atoms with Crippen molar-refractivity contribution >= 4 is 17.6 Å². The van der Waals surface area contributed by atoms with Gasteiger partial charge in [0.2, 0.25) is 0 Å². The van der Waals surface area contributed by atoms with Crippen molar-refractivity contribution in [2.75, 3.05) is 0 Å². The largest absolute Gasteiger partial charge is 0.508 e. The minimum Gasteiger partial charge on any atom is -0.508 e. The number of aliphatic imine (C=N–C) groups is 1.